The van der Waals surface area contributed by atoms with E-state index in [4.69, 9.17) is 38.5 Å². The van der Waals surface area contributed by atoms with Crippen molar-refractivity contribution in [3.05, 3.63) is 51.8 Å². The Labute approximate surface area is 219 Å². The summed E-state index contributed by atoms with van der Waals surface area (Å²) in [5, 5.41) is 14.2. The summed E-state index contributed by atoms with van der Waals surface area (Å²) in [7, 11) is 3.11. The van der Waals surface area contributed by atoms with Crippen LogP contribution in [0, 0.1) is 0 Å². The van der Waals surface area contributed by atoms with Crippen LogP contribution in [0.4, 0.5) is 5.13 Å². The van der Waals surface area contributed by atoms with Crippen LogP contribution < -0.4 is 20.6 Å². The number of carbonyl (C=O) groups excluding carboxylic acids is 1. The number of carbonyl (C=O) groups is 1. The van der Waals surface area contributed by atoms with Crippen LogP contribution in [0.2, 0.25) is 10.0 Å². The van der Waals surface area contributed by atoms with Crippen molar-refractivity contribution in [3.63, 3.8) is 0 Å². The number of benzene rings is 2. The first-order valence-corrected chi connectivity index (χ1v) is 12.6. The number of halogens is 2. The number of ether oxygens (including phenoxy) is 2. The molecule has 3 N–H and O–H groups in total. The number of aromatic nitrogens is 4. The van der Waals surface area contributed by atoms with Crippen molar-refractivity contribution in [2.24, 2.45) is 0 Å². The van der Waals surface area contributed by atoms with Crippen LogP contribution in [0.25, 0.3) is 22.6 Å². The van der Waals surface area contributed by atoms with E-state index in [0.717, 1.165) is 5.56 Å². The minimum atomic E-state index is -0.517. The fourth-order valence-electron chi connectivity index (χ4n) is 3.07. The first kappa shape index (κ1) is 25.1. The molecular weight excluding hydrogens is 531 g/mol. The molecule has 4 rings (SSSR count). The Hall–Kier alpha value is -2.99. The molecule has 4 aromatic rings. The first-order valence-electron chi connectivity index (χ1n) is 10.1. The number of thioether (sulfide) groups is 1. The zero-order valence-electron chi connectivity index (χ0n) is 18.8. The van der Waals surface area contributed by atoms with Gasteiger partial charge in [0.15, 0.2) is 22.5 Å². The van der Waals surface area contributed by atoms with E-state index in [9.17, 15) is 4.79 Å². The van der Waals surface area contributed by atoms with Gasteiger partial charge in [0.2, 0.25) is 11.1 Å². The van der Waals surface area contributed by atoms with Gasteiger partial charge in [-0.1, -0.05) is 41.0 Å². The van der Waals surface area contributed by atoms with E-state index in [1.54, 1.807) is 51.5 Å². The van der Waals surface area contributed by atoms with E-state index in [-0.39, 0.29) is 5.91 Å². The van der Waals surface area contributed by atoms with Crippen LogP contribution in [0.1, 0.15) is 6.92 Å². The number of methoxy groups -OCH3 is 2. The van der Waals surface area contributed by atoms with Crippen LogP contribution in [-0.4, -0.2) is 45.2 Å². The maximum absolute atomic E-state index is 12.8. The molecule has 0 fully saturated rings. The predicted molar refractivity (Wildman–Crippen MR) is 140 cm³/mol. The molecular formula is C22H20Cl2N6O3S2. The molecule has 0 saturated heterocycles. The second-order valence-electron chi connectivity index (χ2n) is 7.16. The maximum Gasteiger partial charge on any atom is 0.239 e. The Morgan fingerprint density at radius 2 is 1.83 bits per heavy atom. The summed E-state index contributed by atoms with van der Waals surface area (Å²) in [4.78, 5) is 17.2. The SMILES string of the molecule is COc1ccc(-c2nnc(S[C@@H](C)C(=O)Nc3nc(-c4ccc(Cl)c(Cl)c4)cs3)n2N)cc1OC. The Balaban J connectivity index is 1.44. The quantitative estimate of drug-likeness (QED) is 0.226. The van der Waals surface area contributed by atoms with E-state index in [2.05, 4.69) is 20.5 Å². The number of nitrogens with two attached hydrogens (primary N) is 1. The van der Waals surface area contributed by atoms with Gasteiger partial charge in [-0.2, -0.15) is 0 Å². The second kappa shape index (κ2) is 10.7. The van der Waals surface area contributed by atoms with Gasteiger partial charge in [-0.25, -0.2) is 9.66 Å². The molecule has 0 bridgehead atoms. The number of nitrogens with zero attached hydrogens (tertiary/aromatic N) is 4. The average Bonchev–Trinajstić information content (AvgIpc) is 3.47. The number of amides is 1. The minimum absolute atomic E-state index is 0.249. The lowest BCUT2D eigenvalue weighted by molar-refractivity contribution is -0.115. The number of anilines is 1. The van der Waals surface area contributed by atoms with Gasteiger partial charge in [-0.05, 0) is 37.3 Å². The molecule has 0 unspecified atom stereocenters. The van der Waals surface area contributed by atoms with E-state index in [1.165, 1.54) is 27.8 Å². The molecule has 0 aliphatic heterocycles. The summed E-state index contributed by atoms with van der Waals surface area (Å²) < 4.78 is 11.9. The molecule has 0 spiro atoms. The monoisotopic (exact) mass is 550 g/mol. The van der Waals surface area contributed by atoms with Gasteiger partial charge < -0.3 is 20.6 Å². The van der Waals surface area contributed by atoms with E-state index in [0.29, 0.717) is 48.9 Å². The summed E-state index contributed by atoms with van der Waals surface area (Å²) in [5.74, 6) is 7.53. The largest absolute Gasteiger partial charge is 0.493 e. The average molecular weight is 551 g/mol. The molecule has 1 amide bonds. The third kappa shape index (κ3) is 5.48. The van der Waals surface area contributed by atoms with Gasteiger partial charge in [0, 0.05) is 16.5 Å². The van der Waals surface area contributed by atoms with Crippen LogP contribution in [-0.2, 0) is 4.79 Å². The number of hydrogen-bond donors (Lipinski definition) is 2. The van der Waals surface area contributed by atoms with Crippen molar-refractivity contribution >= 4 is 57.3 Å². The van der Waals surface area contributed by atoms with E-state index in [1.807, 2.05) is 11.4 Å². The summed E-state index contributed by atoms with van der Waals surface area (Å²) in [6.45, 7) is 1.75. The summed E-state index contributed by atoms with van der Waals surface area (Å²) in [6, 6.07) is 10.6. The van der Waals surface area contributed by atoms with Crippen LogP contribution in [0.3, 0.4) is 0 Å². The van der Waals surface area contributed by atoms with Crippen molar-refractivity contribution in [3.8, 4) is 34.1 Å². The smallest absolute Gasteiger partial charge is 0.239 e. The summed E-state index contributed by atoms with van der Waals surface area (Å²) >= 11 is 14.6. The van der Waals surface area contributed by atoms with Crippen molar-refractivity contribution < 1.29 is 14.3 Å². The lowest BCUT2D eigenvalue weighted by Crippen LogP contribution is -2.23. The second-order valence-corrected chi connectivity index (χ2v) is 10.1. The van der Waals surface area contributed by atoms with Gasteiger partial charge in [0.1, 0.15) is 0 Å². The van der Waals surface area contributed by atoms with Gasteiger partial charge in [0.25, 0.3) is 0 Å². The number of hydrogen-bond acceptors (Lipinski definition) is 9. The Morgan fingerprint density at radius 3 is 2.54 bits per heavy atom. The Morgan fingerprint density at radius 1 is 1.09 bits per heavy atom. The molecule has 0 saturated carbocycles. The van der Waals surface area contributed by atoms with Crippen molar-refractivity contribution in [2.75, 3.05) is 25.4 Å². The summed E-state index contributed by atoms with van der Waals surface area (Å²) in [5.41, 5.74) is 2.18. The fraction of sp³-hybridized carbons (Fsp3) is 0.182. The molecule has 0 aliphatic rings. The lowest BCUT2D eigenvalue weighted by atomic mass is 10.2. The highest BCUT2D eigenvalue weighted by Crippen LogP contribution is 2.33. The molecule has 9 nitrogen and oxygen atoms in total. The highest BCUT2D eigenvalue weighted by Gasteiger charge is 2.21. The molecule has 1 atom stereocenters. The Bertz CT molecular complexity index is 1380. The third-order valence-electron chi connectivity index (χ3n) is 4.91. The van der Waals surface area contributed by atoms with Gasteiger partial charge in [0.05, 0.1) is 35.2 Å². The third-order valence-corrected chi connectivity index (χ3v) is 7.46. The predicted octanol–water partition coefficient (Wildman–Crippen LogP) is 5.23. The van der Waals surface area contributed by atoms with Crippen molar-refractivity contribution in [1.82, 2.24) is 19.9 Å². The van der Waals surface area contributed by atoms with Gasteiger partial charge >= 0.3 is 0 Å². The highest BCUT2D eigenvalue weighted by atomic mass is 35.5. The fourth-order valence-corrected chi connectivity index (χ4v) is 4.86. The number of nitrogens with one attached hydrogen (secondary N) is 1. The number of rotatable bonds is 8. The molecule has 2 aromatic carbocycles. The van der Waals surface area contributed by atoms with Gasteiger partial charge in [-0.15, -0.1) is 21.5 Å². The van der Waals surface area contributed by atoms with Crippen LogP contribution in [0.15, 0.2) is 46.9 Å². The van der Waals surface area contributed by atoms with Gasteiger partial charge in [-0.3, -0.25) is 4.79 Å². The highest BCUT2D eigenvalue weighted by molar-refractivity contribution is 8.00. The summed E-state index contributed by atoms with van der Waals surface area (Å²) in [6.07, 6.45) is 0. The van der Waals surface area contributed by atoms with E-state index < -0.39 is 5.25 Å². The zero-order valence-corrected chi connectivity index (χ0v) is 21.9. The molecule has 13 heteroatoms. The van der Waals surface area contributed by atoms with Crippen LogP contribution in [0.5, 0.6) is 11.5 Å². The molecule has 0 radical (unpaired) electrons. The normalized spacial score (nSPS) is 11.8. The van der Waals surface area contributed by atoms with Crippen molar-refractivity contribution in [1.29, 1.82) is 0 Å². The number of nitrogen functional groups attached to an aromatic ring is 1. The molecule has 0 aliphatic carbocycles. The standard InChI is InChI=1S/C22H20Cl2N6O3S2/c1-11(20(31)27-21-26-16(10-34-21)12-4-6-14(23)15(24)8-12)35-22-29-28-19(30(22)25)13-5-7-17(32-2)18(9-13)33-3/h4-11H,25H2,1-3H3,(H,26,27,31)/t11-/m0/s1. The number of thiazole rings is 1. The first-order chi connectivity index (χ1) is 16.8. The van der Waals surface area contributed by atoms with E-state index >= 15 is 0 Å². The molecule has 35 heavy (non-hydrogen) atoms. The van der Waals surface area contributed by atoms with Crippen molar-refractivity contribution in [2.45, 2.75) is 17.3 Å². The van der Waals surface area contributed by atoms with Crippen LogP contribution >= 0.6 is 46.3 Å². The molecule has 2 aromatic heterocycles. The topological polar surface area (TPSA) is 117 Å². The maximum atomic E-state index is 12.8. The molecule has 2 heterocycles. The lowest BCUT2D eigenvalue weighted by Gasteiger charge is -2.11. The zero-order chi connectivity index (χ0) is 25.1. The molecule has 182 valence electrons. The Kier molecular flexibility index (Phi) is 7.70. The minimum Gasteiger partial charge on any atom is -0.493 e.